The fourth-order valence-corrected chi connectivity index (χ4v) is 4.60. The number of fused-ring (bicyclic) bond motifs is 3. The Labute approximate surface area is 213 Å². The first-order chi connectivity index (χ1) is 17.6. The lowest BCUT2D eigenvalue weighted by molar-refractivity contribution is 0.146. The summed E-state index contributed by atoms with van der Waals surface area (Å²) in [6.45, 7) is 7.93. The van der Waals surface area contributed by atoms with Crippen LogP contribution in [0.1, 0.15) is 12.7 Å². The van der Waals surface area contributed by atoms with Crippen molar-refractivity contribution in [2.45, 2.75) is 13.5 Å². The van der Waals surface area contributed by atoms with Gasteiger partial charge < -0.3 is 20.1 Å². The van der Waals surface area contributed by atoms with Gasteiger partial charge in [0.2, 0.25) is 11.8 Å². The van der Waals surface area contributed by atoms with Crippen LogP contribution in [0.25, 0.3) is 16.7 Å². The van der Waals surface area contributed by atoms with Crippen molar-refractivity contribution in [1.82, 2.24) is 34.3 Å². The van der Waals surface area contributed by atoms with Crippen molar-refractivity contribution in [3.05, 3.63) is 35.2 Å². The minimum absolute atomic E-state index is 0.261. The van der Waals surface area contributed by atoms with Crippen molar-refractivity contribution in [2.75, 3.05) is 63.7 Å². The molecular formula is C24H28ClN9O2. The number of hydrogen-bond acceptors (Lipinski definition) is 9. The normalized spacial score (nSPS) is 14.4. The second-order valence-electron chi connectivity index (χ2n) is 8.40. The smallest absolute Gasteiger partial charge is 0.226 e. The van der Waals surface area contributed by atoms with E-state index in [9.17, 15) is 0 Å². The molecule has 2 N–H and O–H groups in total. The van der Waals surface area contributed by atoms with Crippen molar-refractivity contribution in [3.63, 3.8) is 0 Å². The standard InChI is InChI=1S/C24H28ClN9O2/c1-3-4-21-28-23-18-16-27-33(22(18)29-24(26)34(23)30-21)12-9-31-7-10-32(11-8-31)20-6-5-17(15-19(20)25)36-14-13-35-2/h5-6,15-16H,7-14H2,1-2H3,(H2,26,29). The number of ether oxygens (including phenoxy) is 2. The Bertz CT molecular complexity index is 1430. The van der Waals surface area contributed by atoms with E-state index in [1.54, 1.807) is 20.2 Å². The summed E-state index contributed by atoms with van der Waals surface area (Å²) in [7, 11) is 1.65. The molecule has 0 aliphatic carbocycles. The molecule has 0 saturated carbocycles. The Balaban J connectivity index is 1.21. The van der Waals surface area contributed by atoms with Crippen LogP contribution >= 0.6 is 11.6 Å². The van der Waals surface area contributed by atoms with Crippen LogP contribution in [0.3, 0.4) is 0 Å². The molecule has 0 bridgehead atoms. The molecule has 1 aromatic carbocycles. The van der Waals surface area contributed by atoms with E-state index in [0.29, 0.717) is 41.9 Å². The minimum atomic E-state index is 0.261. The largest absolute Gasteiger partial charge is 0.491 e. The number of piperazine rings is 1. The van der Waals surface area contributed by atoms with Crippen LogP contribution in [-0.2, 0) is 11.3 Å². The van der Waals surface area contributed by atoms with Gasteiger partial charge in [-0.3, -0.25) is 4.90 Å². The number of nitrogen functional groups attached to an aromatic ring is 1. The Morgan fingerprint density at radius 2 is 1.92 bits per heavy atom. The summed E-state index contributed by atoms with van der Waals surface area (Å²) in [6.07, 6.45) is 1.76. The summed E-state index contributed by atoms with van der Waals surface area (Å²) in [5.74, 6) is 7.09. The molecule has 4 aromatic rings. The van der Waals surface area contributed by atoms with Gasteiger partial charge in [0.1, 0.15) is 12.4 Å². The lowest BCUT2D eigenvalue weighted by Gasteiger charge is -2.36. The highest BCUT2D eigenvalue weighted by Gasteiger charge is 2.20. The number of halogens is 1. The summed E-state index contributed by atoms with van der Waals surface area (Å²) in [4.78, 5) is 13.7. The Morgan fingerprint density at radius 3 is 2.67 bits per heavy atom. The molecule has 5 rings (SSSR count). The zero-order valence-corrected chi connectivity index (χ0v) is 21.1. The zero-order valence-electron chi connectivity index (χ0n) is 20.3. The second kappa shape index (κ2) is 10.6. The van der Waals surface area contributed by atoms with Crippen LogP contribution in [0.2, 0.25) is 5.02 Å². The first-order valence-electron chi connectivity index (χ1n) is 11.8. The van der Waals surface area contributed by atoms with E-state index < -0.39 is 0 Å². The highest BCUT2D eigenvalue weighted by atomic mass is 35.5. The number of methoxy groups -OCH3 is 1. The monoisotopic (exact) mass is 509 g/mol. The quantitative estimate of drug-likeness (QED) is 0.281. The molecule has 0 amide bonds. The summed E-state index contributed by atoms with van der Waals surface area (Å²) in [5.41, 5.74) is 8.48. The molecule has 3 aromatic heterocycles. The fourth-order valence-electron chi connectivity index (χ4n) is 4.31. The number of aromatic nitrogens is 6. The zero-order chi connectivity index (χ0) is 25.1. The molecule has 4 heterocycles. The molecule has 188 valence electrons. The second-order valence-corrected chi connectivity index (χ2v) is 8.81. The van der Waals surface area contributed by atoms with Crippen LogP contribution in [0, 0.1) is 11.8 Å². The molecule has 1 aliphatic heterocycles. The van der Waals surface area contributed by atoms with Gasteiger partial charge in [0, 0.05) is 45.9 Å². The maximum Gasteiger partial charge on any atom is 0.226 e. The predicted molar refractivity (Wildman–Crippen MR) is 139 cm³/mol. The molecule has 0 spiro atoms. The molecular weight excluding hydrogens is 482 g/mol. The van der Waals surface area contributed by atoms with Crippen LogP contribution in [0.4, 0.5) is 11.6 Å². The molecule has 12 heteroatoms. The lowest BCUT2D eigenvalue weighted by Crippen LogP contribution is -2.47. The summed E-state index contributed by atoms with van der Waals surface area (Å²) in [5, 5.41) is 10.3. The third-order valence-electron chi connectivity index (χ3n) is 6.15. The van der Waals surface area contributed by atoms with E-state index in [-0.39, 0.29) is 5.95 Å². The van der Waals surface area contributed by atoms with Gasteiger partial charge in [-0.25, -0.2) is 4.68 Å². The molecule has 0 atom stereocenters. The highest BCUT2D eigenvalue weighted by Crippen LogP contribution is 2.30. The Kier molecular flexibility index (Phi) is 7.09. The molecule has 11 nitrogen and oxygen atoms in total. The van der Waals surface area contributed by atoms with Gasteiger partial charge in [-0.1, -0.05) is 17.5 Å². The topological polar surface area (TPSA) is 112 Å². The molecule has 0 radical (unpaired) electrons. The van der Waals surface area contributed by atoms with Gasteiger partial charge in [-0.05, 0) is 25.0 Å². The maximum atomic E-state index is 6.56. The lowest BCUT2D eigenvalue weighted by atomic mass is 10.2. The summed E-state index contributed by atoms with van der Waals surface area (Å²) >= 11 is 6.56. The van der Waals surface area contributed by atoms with Gasteiger partial charge in [0.05, 0.1) is 35.4 Å². The van der Waals surface area contributed by atoms with Gasteiger partial charge in [-0.15, -0.1) is 5.10 Å². The van der Waals surface area contributed by atoms with Crippen LogP contribution < -0.4 is 15.4 Å². The highest BCUT2D eigenvalue weighted by molar-refractivity contribution is 6.33. The van der Waals surface area contributed by atoms with Crippen molar-refractivity contribution >= 4 is 39.9 Å². The average Bonchev–Trinajstić information content (AvgIpc) is 3.48. The summed E-state index contributed by atoms with van der Waals surface area (Å²) < 4.78 is 14.1. The number of benzene rings is 1. The van der Waals surface area contributed by atoms with Gasteiger partial charge in [0.25, 0.3) is 0 Å². The fraction of sp³-hybridized carbons (Fsp3) is 0.417. The van der Waals surface area contributed by atoms with Gasteiger partial charge in [-0.2, -0.15) is 19.6 Å². The Hall–Kier alpha value is -3.59. The van der Waals surface area contributed by atoms with E-state index in [1.807, 2.05) is 22.9 Å². The van der Waals surface area contributed by atoms with E-state index in [1.165, 1.54) is 4.52 Å². The third-order valence-corrected chi connectivity index (χ3v) is 6.45. The van der Waals surface area contributed by atoms with Crippen molar-refractivity contribution < 1.29 is 9.47 Å². The van der Waals surface area contributed by atoms with E-state index in [2.05, 4.69) is 41.8 Å². The molecule has 1 saturated heterocycles. The number of hydrogen-bond donors (Lipinski definition) is 1. The first-order valence-corrected chi connectivity index (χ1v) is 12.1. The molecule has 36 heavy (non-hydrogen) atoms. The maximum absolute atomic E-state index is 6.56. The number of anilines is 2. The minimum Gasteiger partial charge on any atom is -0.491 e. The average molecular weight is 510 g/mol. The van der Waals surface area contributed by atoms with Crippen LogP contribution in [0.5, 0.6) is 5.75 Å². The van der Waals surface area contributed by atoms with Crippen molar-refractivity contribution in [1.29, 1.82) is 0 Å². The van der Waals surface area contributed by atoms with Gasteiger partial charge in [0.15, 0.2) is 11.3 Å². The molecule has 0 unspecified atom stereocenters. The van der Waals surface area contributed by atoms with Gasteiger partial charge >= 0.3 is 0 Å². The number of rotatable bonds is 8. The first kappa shape index (κ1) is 24.1. The molecule has 1 aliphatic rings. The van der Waals surface area contributed by atoms with E-state index >= 15 is 0 Å². The number of nitrogens with two attached hydrogens (primary N) is 1. The number of nitrogens with zero attached hydrogens (tertiary/aromatic N) is 8. The van der Waals surface area contributed by atoms with Crippen molar-refractivity contribution in [2.24, 2.45) is 0 Å². The predicted octanol–water partition coefficient (Wildman–Crippen LogP) is 1.93. The van der Waals surface area contributed by atoms with Crippen molar-refractivity contribution in [3.8, 4) is 17.6 Å². The SMILES string of the molecule is CC#Cc1nc2c3cnn(CCN4CCN(c5ccc(OCCOC)cc5Cl)CC4)c3nc(N)n2n1. The van der Waals surface area contributed by atoms with Crippen LogP contribution in [0.15, 0.2) is 24.4 Å². The molecule has 1 fully saturated rings. The summed E-state index contributed by atoms with van der Waals surface area (Å²) in [6, 6.07) is 5.84. The third kappa shape index (κ3) is 4.88. The Morgan fingerprint density at radius 1 is 1.08 bits per heavy atom. The van der Waals surface area contributed by atoms with Crippen LogP contribution in [-0.4, -0.2) is 87.3 Å². The van der Waals surface area contributed by atoms with E-state index in [0.717, 1.165) is 49.5 Å². The van der Waals surface area contributed by atoms with E-state index in [4.69, 9.17) is 26.8 Å².